The maximum atomic E-state index is 2.81. The fourth-order valence-electron chi connectivity index (χ4n) is 5.90. The van der Waals surface area contributed by atoms with Crippen molar-refractivity contribution in [1.29, 1.82) is 0 Å². The molecule has 0 unspecified atom stereocenters. The highest BCUT2D eigenvalue weighted by Gasteiger charge is 2.38. The molecule has 0 aromatic carbocycles. The minimum absolute atomic E-state index is 0.354. The van der Waals surface area contributed by atoms with Crippen molar-refractivity contribution in [2.45, 2.75) is 105 Å². The van der Waals surface area contributed by atoms with Crippen molar-refractivity contribution in [3.8, 4) is 0 Å². The molecule has 1 aliphatic carbocycles. The zero-order valence-corrected chi connectivity index (χ0v) is 20.3. The van der Waals surface area contributed by atoms with E-state index in [4.69, 9.17) is 0 Å². The van der Waals surface area contributed by atoms with Crippen LogP contribution in [0.1, 0.15) is 99.8 Å². The van der Waals surface area contributed by atoms with Crippen LogP contribution in [0.25, 0.3) is 0 Å². The molecule has 164 valence electrons. The van der Waals surface area contributed by atoms with Gasteiger partial charge < -0.3 is 4.90 Å². The minimum Gasteiger partial charge on any atom is -0.303 e. The number of likely N-dealkylation sites (tertiary alicyclic amines) is 2. The lowest BCUT2D eigenvalue weighted by Crippen LogP contribution is -2.50. The van der Waals surface area contributed by atoms with Crippen molar-refractivity contribution in [3.63, 3.8) is 0 Å². The third-order valence-electron chi connectivity index (χ3n) is 8.86. The van der Waals surface area contributed by atoms with Crippen molar-refractivity contribution in [2.75, 3.05) is 32.7 Å². The van der Waals surface area contributed by atoms with Crippen LogP contribution >= 0.6 is 0 Å². The van der Waals surface area contributed by atoms with Gasteiger partial charge in [-0.05, 0) is 120 Å². The monoisotopic (exact) mass is 390 g/mol. The van der Waals surface area contributed by atoms with Gasteiger partial charge in [0.25, 0.3) is 0 Å². The Labute approximate surface area is 176 Å². The molecule has 2 heteroatoms. The Morgan fingerprint density at radius 3 is 1.68 bits per heavy atom. The second-order valence-corrected chi connectivity index (χ2v) is 12.9. The molecule has 3 fully saturated rings. The van der Waals surface area contributed by atoms with Gasteiger partial charge in [-0.2, -0.15) is 0 Å². The molecule has 0 radical (unpaired) electrons. The first-order valence-corrected chi connectivity index (χ1v) is 12.4. The molecule has 0 bridgehead atoms. The van der Waals surface area contributed by atoms with Crippen LogP contribution in [-0.4, -0.2) is 48.1 Å². The van der Waals surface area contributed by atoms with E-state index in [0.29, 0.717) is 16.4 Å². The number of hydrogen-bond donors (Lipinski definition) is 0. The highest BCUT2D eigenvalue weighted by molar-refractivity contribution is 4.92. The van der Waals surface area contributed by atoms with Crippen LogP contribution in [-0.2, 0) is 0 Å². The molecular weight excluding hydrogens is 340 g/mol. The molecule has 2 saturated heterocycles. The molecular formula is C26H50N2. The molecule has 3 aliphatic rings. The van der Waals surface area contributed by atoms with Gasteiger partial charge in [0.15, 0.2) is 0 Å². The van der Waals surface area contributed by atoms with E-state index in [0.717, 1.165) is 17.8 Å². The number of piperidine rings is 2. The maximum Gasteiger partial charge on any atom is 0.0153 e. The predicted molar refractivity (Wildman–Crippen MR) is 123 cm³/mol. The normalized spacial score (nSPS) is 25.4. The molecule has 1 saturated carbocycles. The SMILES string of the molecule is CC(C)(C)C1CCN(C(C)(C)CCC(C)(C)C2CCN(CC3CC3)CC2)CC1. The molecule has 2 heterocycles. The topological polar surface area (TPSA) is 6.48 Å². The van der Waals surface area contributed by atoms with Crippen LogP contribution in [0.5, 0.6) is 0 Å². The molecule has 0 atom stereocenters. The van der Waals surface area contributed by atoms with Gasteiger partial charge in [-0.1, -0.05) is 34.6 Å². The Morgan fingerprint density at radius 1 is 0.643 bits per heavy atom. The summed E-state index contributed by atoms with van der Waals surface area (Å²) in [4.78, 5) is 5.57. The van der Waals surface area contributed by atoms with Gasteiger partial charge >= 0.3 is 0 Å². The predicted octanol–water partition coefficient (Wildman–Crippen LogP) is 6.45. The van der Waals surface area contributed by atoms with Crippen LogP contribution < -0.4 is 0 Å². The Balaban J connectivity index is 1.44. The van der Waals surface area contributed by atoms with Crippen molar-refractivity contribution < 1.29 is 0 Å². The molecule has 0 aromatic rings. The van der Waals surface area contributed by atoms with Gasteiger partial charge in [0, 0.05) is 12.1 Å². The van der Waals surface area contributed by atoms with Crippen LogP contribution in [0.2, 0.25) is 0 Å². The quantitative estimate of drug-likeness (QED) is 0.493. The third kappa shape index (κ3) is 5.97. The Morgan fingerprint density at radius 2 is 1.18 bits per heavy atom. The summed E-state index contributed by atoms with van der Waals surface area (Å²) in [7, 11) is 0. The lowest BCUT2D eigenvalue weighted by atomic mass is 9.69. The van der Waals surface area contributed by atoms with E-state index in [9.17, 15) is 0 Å². The lowest BCUT2D eigenvalue weighted by molar-refractivity contribution is 0.0231. The lowest BCUT2D eigenvalue weighted by Gasteiger charge is -2.48. The van der Waals surface area contributed by atoms with Crippen LogP contribution in [0, 0.1) is 28.6 Å². The van der Waals surface area contributed by atoms with Crippen LogP contribution in [0.15, 0.2) is 0 Å². The highest BCUT2D eigenvalue weighted by Crippen LogP contribution is 2.42. The molecule has 0 N–H and O–H groups in total. The highest BCUT2D eigenvalue weighted by atomic mass is 15.2. The van der Waals surface area contributed by atoms with E-state index in [1.54, 1.807) is 0 Å². The van der Waals surface area contributed by atoms with E-state index in [1.807, 2.05) is 0 Å². The summed E-state index contributed by atoms with van der Waals surface area (Å²) in [6.07, 6.45) is 11.3. The Kier molecular flexibility index (Phi) is 6.92. The minimum atomic E-state index is 0.354. The molecule has 3 rings (SSSR count). The number of rotatable bonds is 7. The zero-order valence-electron chi connectivity index (χ0n) is 20.3. The standard InChI is InChI=1S/C26H50N2/c1-24(2,3)22-12-18-28(19-13-22)26(6,7)15-14-25(4,5)23-10-16-27(17-11-23)20-21-8-9-21/h21-23H,8-20H2,1-7H3. The Bertz CT molecular complexity index is 481. The molecule has 0 amide bonds. The van der Waals surface area contributed by atoms with E-state index >= 15 is 0 Å². The first-order valence-electron chi connectivity index (χ1n) is 12.4. The van der Waals surface area contributed by atoms with E-state index in [2.05, 4.69) is 58.3 Å². The van der Waals surface area contributed by atoms with Crippen LogP contribution in [0.4, 0.5) is 0 Å². The summed E-state index contributed by atoms with van der Waals surface area (Å²) < 4.78 is 0. The van der Waals surface area contributed by atoms with Crippen LogP contribution in [0.3, 0.4) is 0 Å². The van der Waals surface area contributed by atoms with Gasteiger partial charge in [-0.25, -0.2) is 0 Å². The van der Waals surface area contributed by atoms with Crippen molar-refractivity contribution in [3.05, 3.63) is 0 Å². The molecule has 0 aromatic heterocycles. The number of nitrogens with zero attached hydrogens (tertiary/aromatic N) is 2. The van der Waals surface area contributed by atoms with E-state index < -0.39 is 0 Å². The summed E-state index contributed by atoms with van der Waals surface area (Å²) >= 11 is 0. The van der Waals surface area contributed by atoms with Gasteiger partial charge in [-0.3, -0.25) is 4.90 Å². The third-order valence-corrected chi connectivity index (χ3v) is 8.86. The van der Waals surface area contributed by atoms with Gasteiger partial charge in [-0.15, -0.1) is 0 Å². The fourth-order valence-corrected chi connectivity index (χ4v) is 5.90. The van der Waals surface area contributed by atoms with E-state index in [-0.39, 0.29) is 0 Å². The van der Waals surface area contributed by atoms with Crippen molar-refractivity contribution >= 4 is 0 Å². The smallest absolute Gasteiger partial charge is 0.0153 e. The first-order chi connectivity index (χ1) is 13.0. The fraction of sp³-hybridized carbons (Fsp3) is 1.00. The average Bonchev–Trinajstić information content (AvgIpc) is 3.44. The summed E-state index contributed by atoms with van der Waals surface area (Å²) in [6, 6.07) is 0. The van der Waals surface area contributed by atoms with Crippen molar-refractivity contribution in [2.24, 2.45) is 28.6 Å². The van der Waals surface area contributed by atoms with Crippen molar-refractivity contribution in [1.82, 2.24) is 9.80 Å². The maximum absolute atomic E-state index is 2.81. The summed E-state index contributed by atoms with van der Waals surface area (Å²) in [5.74, 6) is 2.87. The van der Waals surface area contributed by atoms with Gasteiger partial charge in [0.1, 0.15) is 0 Å². The Hall–Kier alpha value is -0.0800. The largest absolute Gasteiger partial charge is 0.303 e. The van der Waals surface area contributed by atoms with Gasteiger partial charge in [0.05, 0.1) is 0 Å². The summed E-state index contributed by atoms with van der Waals surface area (Å²) in [5, 5.41) is 0. The molecule has 28 heavy (non-hydrogen) atoms. The second kappa shape index (κ2) is 8.58. The molecule has 2 nitrogen and oxygen atoms in total. The molecule has 0 spiro atoms. The average molecular weight is 391 g/mol. The van der Waals surface area contributed by atoms with E-state index in [1.165, 1.54) is 84.1 Å². The molecule has 2 aliphatic heterocycles. The number of hydrogen-bond acceptors (Lipinski definition) is 2. The first kappa shape index (κ1) is 22.6. The summed E-state index contributed by atoms with van der Waals surface area (Å²) in [6.45, 7) is 24.1. The zero-order chi connectivity index (χ0) is 20.6. The summed E-state index contributed by atoms with van der Waals surface area (Å²) in [5.41, 5.74) is 1.33. The second-order valence-electron chi connectivity index (χ2n) is 12.9. The van der Waals surface area contributed by atoms with Gasteiger partial charge in [0.2, 0.25) is 0 Å².